The fourth-order valence-electron chi connectivity index (χ4n) is 2.21. The van der Waals surface area contributed by atoms with Crippen LogP contribution in [0.5, 0.6) is 0 Å². The van der Waals surface area contributed by atoms with Crippen molar-refractivity contribution in [3.05, 3.63) is 71.3 Å². The van der Waals surface area contributed by atoms with Crippen LogP contribution in [0.25, 0.3) is 6.08 Å². The summed E-state index contributed by atoms with van der Waals surface area (Å²) >= 11 is 0. The maximum absolute atomic E-state index is 12.2. The molecule has 0 radical (unpaired) electrons. The van der Waals surface area contributed by atoms with Gasteiger partial charge in [-0.25, -0.2) is 13.1 Å². The lowest BCUT2D eigenvalue weighted by Crippen LogP contribution is -2.24. The Balaban J connectivity index is 2.00. The van der Waals surface area contributed by atoms with Crippen LogP contribution in [0.2, 0.25) is 0 Å². The molecule has 2 aromatic rings. The molecule has 0 spiro atoms. The Morgan fingerprint density at radius 2 is 1.77 bits per heavy atom. The molecule has 0 unspecified atom stereocenters. The predicted octanol–water partition coefficient (Wildman–Crippen LogP) is 2.14. The summed E-state index contributed by atoms with van der Waals surface area (Å²) in [5.74, 6) is -0.179. The molecule has 0 heterocycles. The van der Waals surface area contributed by atoms with Gasteiger partial charge in [0, 0.05) is 19.7 Å². The number of amides is 1. The Kier molecular flexibility index (Phi) is 6.28. The Morgan fingerprint density at radius 1 is 1.15 bits per heavy atom. The second-order valence-electron chi connectivity index (χ2n) is 5.61. The van der Waals surface area contributed by atoms with Crippen molar-refractivity contribution in [2.45, 2.75) is 11.4 Å². The zero-order chi connectivity index (χ0) is 19.2. The Morgan fingerprint density at radius 3 is 2.31 bits per heavy atom. The zero-order valence-corrected chi connectivity index (χ0v) is 15.3. The summed E-state index contributed by atoms with van der Waals surface area (Å²) in [6.45, 7) is 0.425. The number of nitriles is 1. The largest absolute Gasteiger partial charge is 0.338 e. The van der Waals surface area contributed by atoms with Crippen LogP contribution in [0.4, 0.5) is 0 Å². The van der Waals surface area contributed by atoms with Crippen molar-refractivity contribution in [1.29, 1.82) is 5.26 Å². The third-order valence-corrected chi connectivity index (χ3v) is 5.19. The number of nitrogens with zero attached hydrogens (tertiary/aromatic N) is 2. The molecule has 2 aromatic carbocycles. The van der Waals surface area contributed by atoms with E-state index in [0.717, 1.165) is 11.1 Å². The van der Waals surface area contributed by atoms with Crippen LogP contribution in [0.1, 0.15) is 16.7 Å². The van der Waals surface area contributed by atoms with Crippen molar-refractivity contribution in [2.24, 2.45) is 0 Å². The fourth-order valence-corrected chi connectivity index (χ4v) is 2.94. The summed E-state index contributed by atoms with van der Waals surface area (Å²) in [5.41, 5.74) is 2.22. The van der Waals surface area contributed by atoms with E-state index in [2.05, 4.69) is 10.8 Å². The average molecular weight is 369 g/mol. The van der Waals surface area contributed by atoms with Gasteiger partial charge >= 0.3 is 0 Å². The molecule has 2 rings (SSSR count). The molecule has 0 saturated heterocycles. The van der Waals surface area contributed by atoms with E-state index >= 15 is 0 Å². The maximum Gasteiger partial charge on any atom is 0.246 e. The van der Waals surface area contributed by atoms with Crippen LogP contribution < -0.4 is 4.72 Å². The molecule has 0 aliphatic heterocycles. The number of benzene rings is 2. The second-order valence-corrected chi connectivity index (χ2v) is 7.50. The molecule has 0 aliphatic carbocycles. The molecule has 0 fully saturated rings. The molecule has 7 heteroatoms. The van der Waals surface area contributed by atoms with Crippen LogP contribution in [-0.2, 0) is 21.4 Å². The lowest BCUT2D eigenvalue weighted by atomic mass is 10.1. The highest BCUT2D eigenvalue weighted by atomic mass is 32.2. The number of sulfonamides is 1. The summed E-state index contributed by atoms with van der Waals surface area (Å²) in [5, 5.41) is 8.79. The standard InChI is InChI=1S/C19H19N3O3S/c1-21-26(24,25)18-10-7-15(8-11-18)9-12-19(23)22(2)14-17-5-3-16(13-20)4-6-17/h3-12,21H,14H2,1-2H3/b12-9+. The van der Waals surface area contributed by atoms with Crippen LogP contribution in [-0.4, -0.2) is 33.3 Å². The van der Waals surface area contributed by atoms with Gasteiger partial charge in [-0.05, 0) is 48.5 Å². The monoisotopic (exact) mass is 369 g/mol. The number of hydrogen-bond donors (Lipinski definition) is 1. The van der Waals surface area contributed by atoms with Gasteiger partial charge in [0.05, 0.1) is 16.5 Å². The second kappa shape index (κ2) is 8.43. The Hall–Kier alpha value is -2.95. The summed E-state index contributed by atoms with van der Waals surface area (Å²) in [4.78, 5) is 13.9. The Labute approximate surface area is 153 Å². The minimum atomic E-state index is -3.47. The van der Waals surface area contributed by atoms with E-state index in [4.69, 9.17) is 5.26 Å². The van der Waals surface area contributed by atoms with Crippen LogP contribution in [0.15, 0.2) is 59.5 Å². The van der Waals surface area contributed by atoms with Crippen molar-refractivity contribution in [1.82, 2.24) is 9.62 Å². The van der Waals surface area contributed by atoms with Crippen molar-refractivity contribution in [3.8, 4) is 6.07 Å². The first-order chi connectivity index (χ1) is 12.4. The van der Waals surface area contributed by atoms with Crippen LogP contribution in [0.3, 0.4) is 0 Å². The minimum absolute atomic E-state index is 0.168. The first-order valence-corrected chi connectivity index (χ1v) is 9.30. The van der Waals surface area contributed by atoms with E-state index in [-0.39, 0.29) is 10.8 Å². The van der Waals surface area contributed by atoms with Crippen molar-refractivity contribution >= 4 is 22.0 Å². The van der Waals surface area contributed by atoms with Crippen LogP contribution >= 0.6 is 0 Å². The molecular formula is C19H19N3O3S. The van der Waals surface area contributed by atoms with Gasteiger partial charge in [-0.3, -0.25) is 4.79 Å². The highest BCUT2D eigenvalue weighted by molar-refractivity contribution is 7.89. The van der Waals surface area contributed by atoms with E-state index in [0.29, 0.717) is 12.1 Å². The number of rotatable bonds is 6. The van der Waals surface area contributed by atoms with E-state index in [1.165, 1.54) is 25.3 Å². The molecular weight excluding hydrogens is 350 g/mol. The van der Waals surface area contributed by atoms with Gasteiger partial charge in [0.15, 0.2) is 0 Å². The molecule has 0 atom stereocenters. The fraction of sp³-hybridized carbons (Fsp3) is 0.158. The molecule has 134 valence electrons. The summed E-state index contributed by atoms with van der Waals surface area (Å²) in [7, 11) is -0.428. The molecule has 0 aliphatic rings. The van der Waals surface area contributed by atoms with E-state index in [9.17, 15) is 13.2 Å². The molecule has 6 nitrogen and oxygen atoms in total. The van der Waals surface area contributed by atoms with Crippen molar-refractivity contribution < 1.29 is 13.2 Å². The number of carbonyl (C=O) groups is 1. The molecule has 0 aromatic heterocycles. The highest BCUT2D eigenvalue weighted by Crippen LogP contribution is 2.12. The average Bonchev–Trinajstić information content (AvgIpc) is 2.67. The summed E-state index contributed by atoms with van der Waals surface area (Å²) in [6.07, 6.45) is 3.07. The van der Waals surface area contributed by atoms with Gasteiger partial charge < -0.3 is 4.90 Å². The third kappa shape index (κ3) is 5.02. The molecule has 0 saturated carbocycles. The smallest absolute Gasteiger partial charge is 0.246 e. The number of carbonyl (C=O) groups excluding carboxylic acids is 1. The number of nitrogens with one attached hydrogen (secondary N) is 1. The van der Waals surface area contributed by atoms with Crippen molar-refractivity contribution in [3.63, 3.8) is 0 Å². The molecule has 26 heavy (non-hydrogen) atoms. The lowest BCUT2D eigenvalue weighted by Gasteiger charge is -2.15. The predicted molar refractivity (Wildman–Crippen MR) is 99.4 cm³/mol. The highest BCUT2D eigenvalue weighted by Gasteiger charge is 2.10. The third-order valence-electron chi connectivity index (χ3n) is 3.76. The van der Waals surface area contributed by atoms with Gasteiger partial charge in [0.1, 0.15) is 0 Å². The van der Waals surface area contributed by atoms with Gasteiger partial charge in [0.25, 0.3) is 0 Å². The summed E-state index contributed by atoms with van der Waals surface area (Å²) < 4.78 is 25.6. The topological polar surface area (TPSA) is 90.3 Å². The lowest BCUT2D eigenvalue weighted by molar-refractivity contribution is -0.125. The number of likely N-dealkylation sites (N-methyl/N-ethyl adjacent to an activating group) is 1. The van der Waals surface area contributed by atoms with Crippen molar-refractivity contribution in [2.75, 3.05) is 14.1 Å². The Bertz CT molecular complexity index is 941. The van der Waals surface area contributed by atoms with E-state index in [1.807, 2.05) is 12.1 Å². The maximum atomic E-state index is 12.2. The first kappa shape index (κ1) is 19.4. The molecule has 1 N–H and O–H groups in total. The summed E-state index contributed by atoms with van der Waals surface area (Å²) in [6, 6.07) is 15.3. The molecule has 0 bridgehead atoms. The normalized spacial score (nSPS) is 11.3. The quantitative estimate of drug-likeness (QED) is 0.790. The van der Waals surface area contributed by atoms with Crippen LogP contribution in [0, 0.1) is 11.3 Å². The number of hydrogen-bond acceptors (Lipinski definition) is 4. The SMILES string of the molecule is CNS(=O)(=O)c1ccc(/C=C/C(=O)N(C)Cc2ccc(C#N)cc2)cc1. The van der Waals surface area contributed by atoms with E-state index in [1.54, 1.807) is 42.3 Å². The van der Waals surface area contributed by atoms with Gasteiger partial charge in [-0.15, -0.1) is 0 Å². The molecule has 1 amide bonds. The van der Waals surface area contributed by atoms with E-state index < -0.39 is 10.0 Å². The van der Waals surface area contributed by atoms with Gasteiger partial charge in [-0.2, -0.15) is 5.26 Å². The van der Waals surface area contributed by atoms with Gasteiger partial charge in [0.2, 0.25) is 15.9 Å². The minimum Gasteiger partial charge on any atom is -0.338 e. The van der Waals surface area contributed by atoms with Gasteiger partial charge in [-0.1, -0.05) is 24.3 Å². The first-order valence-electron chi connectivity index (χ1n) is 7.81. The zero-order valence-electron chi connectivity index (χ0n) is 14.5.